The summed E-state index contributed by atoms with van der Waals surface area (Å²) in [5.41, 5.74) is 7.03. The molecule has 2 rings (SSSR count). The van der Waals surface area contributed by atoms with Crippen LogP contribution in [0.2, 0.25) is 0 Å². The number of rotatable bonds is 2. The molecule has 0 spiro atoms. The Balaban J connectivity index is 2.38. The molecule has 4 heteroatoms. The molecule has 0 fully saturated rings. The van der Waals surface area contributed by atoms with Gasteiger partial charge in [0.1, 0.15) is 0 Å². The van der Waals surface area contributed by atoms with Crippen molar-refractivity contribution in [1.29, 1.82) is 0 Å². The molecule has 78 valence electrons. The molecule has 1 atom stereocenters. The first-order valence-electron chi connectivity index (χ1n) is 4.81. The molecule has 0 bridgehead atoms. The van der Waals surface area contributed by atoms with Gasteiger partial charge in [0.25, 0.3) is 0 Å². The number of hydrogen-bond acceptors (Lipinski definition) is 3. The Hall–Kier alpha value is 0.1000. The molecule has 1 aliphatic heterocycles. The van der Waals surface area contributed by atoms with Crippen molar-refractivity contribution in [1.82, 2.24) is 0 Å². The van der Waals surface area contributed by atoms with Gasteiger partial charge in [-0.15, -0.1) is 11.3 Å². The second-order valence-corrected chi connectivity index (χ2v) is 5.55. The van der Waals surface area contributed by atoms with E-state index >= 15 is 0 Å². The van der Waals surface area contributed by atoms with Crippen molar-refractivity contribution >= 4 is 27.3 Å². The standard InChI is InChI=1S/C10H14BrNOS/c1-6(4-12)10-9(11)7-5-13-3-2-8(7)14-10/h6H,2-5,12H2,1H3. The van der Waals surface area contributed by atoms with Gasteiger partial charge in [-0.2, -0.15) is 0 Å². The zero-order valence-electron chi connectivity index (χ0n) is 8.18. The third-order valence-electron chi connectivity index (χ3n) is 2.57. The van der Waals surface area contributed by atoms with Crippen LogP contribution in [0.4, 0.5) is 0 Å². The second-order valence-electron chi connectivity index (χ2n) is 3.62. The van der Waals surface area contributed by atoms with Crippen LogP contribution in [0.1, 0.15) is 28.2 Å². The molecular weight excluding hydrogens is 262 g/mol. The lowest BCUT2D eigenvalue weighted by atomic mass is 10.1. The second kappa shape index (κ2) is 4.31. The van der Waals surface area contributed by atoms with Crippen LogP contribution in [-0.4, -0.2) is 13.2 Å². The van der Waals surface area contributed by atoms with Crippen molar-refractivity contribution in [3.05, 3.63) is 19.8 Å². The highest BCUT2D eigenvalue weighted by atomic mass is 79.9. The van der Waals surface area contributed by atoms with E-state index in [9.17, 15) is 0 Å². The van der Waals surface area contributed by atoms with E-state index in [1.807, 2.05) is 11.3 Å². The Bertz CT molecular complexity index is 337. The van der Waals surface area contributed by atoms with Gasteiger partial charge >= 0.3 is 0 Å². The third-order valence-corrected chi connectivity index (χ3v) is 5.26. The topological polar surface area (TPSA) is 35.2 Å². The van der Waals surface area contributed by atoms with E-state index in [0.717, 1.165) is 19.6 Å². The van der Waals surface area contributed by atoms with Crippen molar-refractivity contribution in [2.45, 2.75) is 25.9 Å². The minimum absolute atomic E-state index is 0.444. The fourth-order valence-corrected chi connectivity index (χ4v) is 3.98. The molecule has 0 aromatic carbocycles. The van der Waals surface area contributed by atoms with Crippen molar-refractivity contribution in [3.63, 3.8) is 0 Å². The summed E-state index contributed by atoms with van der Waals surface area (Å²) in [5.74, 6) is 0.444. The molecule has 0 radical (unpaired) electrons. The van der Waals surface area contributed by atoms with Gasteiger partial charge in [-0.3, -0.25) is 0 Å². The first kappa shape index (κ1) is 10.6. The molecule has 0 saturated heterocycles. The van der Waals surface area contributed by atoms with E-state index in [0.29, 0.717) is 12.5 Å². The van der Waals surface area contributed by atoms with Crippen LogP contribution in [0.5, 0.6) is 0 Å². The number of thiophene rings is 1. The molecule has 1 aromatic rings. The Kier molecular flexibility index (Phi) is 3.27. The largest absolute Gasteiger partial charge is 0.376 e. The molecular formula is C10H14BrNOS. The van der Waals surface area contributed by atoms with E-state index in [2.05, 4.69) is 22.9 Å². The molecule has 0 aliphatic carbocycles. The summed E-state index contributed by atoms with van der Waals surface area (Å²) >= 11 is 5.54. The molecule has 0 saturated carbocycles. The molecule has 2 nitrogen and oxygen atoms in total. The van der Waals surface area contributed by atoms with Gasteiger partial charge in [0.15, 0.2) is 0 Å². The van der Waals surface area contributed by atoms with E-state index < -0.39 is 0 Å². The zero-order chi connectivity index (χ0) is 10.1. The summed E-state index contributed by atoms with van der Waals surface area (Å²) in [6.45, 7) is 4.49. The van der Waals surface area contributed by atoms with Gasteiger partial charge in [0.2, 0.25) is 0 Å². The minimum Gasteiger partial charge on any atom is -0.376 e. The van der Waals surface area contributed by atoms with Crippen LogP contribution in [0.15, 0.2) is 4.47 Å². The average molecular weight is 276 g/mol. The quantitative estimate of drug-likeness (QED) is 0.901. The van der Waals surface area contributed by atoms with Crippen LogP contribution in [-0.2, 0) is 17.8 Å². The van der Waals surface area contributed by atoms with Crippen LogP contribution >= 0.6 is 27.3 Å². The zero-order valence-corrected chi connectivity index (χ0v) is 10.6. The maximum Gasteiger partial charge on any atom is 0.0739 e. The Labute approximate surface area is 96.6 Å². The molecule has 1 aliphatic rings. The van der Waals surface area contributed by atoms with Crippen LogP contribution in [0.3, 0.4) is 0 Å². The van der Waals surface area contributed by atoms with Crippen LogP contribution < -0.4 is 5.73 Å². The number of ether oxygens (including phenoxy) is 1. The van der Waals surface area contributed by atoms with Crippen molar-refractivity contribution in [2.24, 2.45) is 5.73 Å². The lowest BCUT2D eigenvalue weighted by Gasteiger charge is -2.11. The molecule has 14 heavy (non-hydrogen) atoms. The van der Waals surface area contributed by atoms with E-state index in [-0.39, 0.29) is 0 Å². The Morgan fingerprint density at radius 3 is 3.07 bits per heavy atom. The predicted molar refractivity (Wildman–Crippen MR) is 62.8 cm³/mol. The van der Waals surface area contributed by atoms with Crippen molar-refractivity contribution in [3.8, 4) is 0 Å². The summed E-state index contributed by atoms with van der Waals surface area (Å²) in [6, 6.07) is 0. The summed E-state index contributed by atoms with van der Waals surface area (Å²) < 4.78 is 6.68. The fourth-order valence-electron chi connectivity index (χ4n) is 1.62. The van der Waals surface area contributed by atoms with Crippen LogP contribution in [0, 0.1) is 0 Å². The highest BCUT2D eigenvalue weighted by Gasteiger charge is 2.21. The summed E-state index contributed by atoms with van der Waals surface area (Å²) in [5, 5.41) is 0. The first-order chi connectivity index (χ1) is 6.74. The summed E-state index contributed by atoms with van der Waals surface area (Å²) in [7, 11) is 0. The van der Waals surface area contributed by atoms with Crippen molar-refractivity contribution in [2.75, 3.05) is 13.2 Å². The van der Waals surface area contributed by atoms with E-state index in [1.54, 1.807) is 0 Å². The van der Waals surface area contributed by atoms with E-state index in [1.165, 1.54) is 19.8 Å². The Morgan fingerprint density at radius 2 is 2.43 bits per heavy atom. The smallest absolute Gasteiger partial charge is 0.0739 e. The van der Waals surface area contributed by atoms with Gasteiger partial charge in [-0.1, -0.05) is 6.92 Å². The van der Waals surface area contributed by atoms with Gasteiger partial charge < -0.3 is 10.5 Å². The van der Waals surface area contributed by atoms with Gasteiger partial charge in [-0.05, 0) is 22.5 Å². The van der Waals surface area contributed by atoms with Crippen molar-refractivity contribution < 1.29 is 4.74 Å². The third kappa shape index (κ3) is 1.76. The maximum absolute atomic E-state index is 5.69. The summed E-state index contributed by atoms with van der Waals surface area (Å²) in [4.78, 5) is 2.85. The average Bonchev–Trinajstić information content (AvgIpc) is 2.56. The molecule has 2 heterocycles. The number of halogens is 1. The monoisotopic (exact) mass is 275 g/mol. The molecule has 0 amide bonds. The van der Waals surface area contributed by atoms with E-state index in [4.69, 9.17) is 10.5 Å². The first-order valence-corrected chi connectivity index (χ1v) is 6.42. The lowest BCUT2D eigenvalue weighted by Crippen LogP contribution is -2.08. The minimum atomic E-state index is 0.444. The van der Waals surface area contributed by atoms with Gasteiger partial charge in [-0.25, -0.2) is 0 Å². The maximum atomic E-state index is 5.69. The number of hydrogen-bond donors (Lipinski definition) is 1. The normalized spacial score (nSPS) is 17.9. The predicted octanol–water partition coefficient (Wildman–Crippen LogP) is 2.65. The van der Waals surface area contributed by atoms with Crippen LogP contribution in [0.25, 0.3) is 0 Å². The molecule has 1 aromatic heterocycles. The molecule has 2 N–H and O–H groups in total. The van der Waals surface area contributed by atoms with Gasteiger partial charge in [0, 0.05) is 32.1 Å². The molecule has 1 unspecified atom stereocenters. The van der Waals surface area contributed by atoms with Gasteiger partial charge in [0.05, 0.1) is 13.2 Å². The Morgan fingerprint density at radius 1 is 1.64 bits per heavy atom. The lowest BCUT2D eigenvalue weighted by molar-refractivity contribution is 0.111. The number of fused-ring (bicyclic) bond motifs is 1. The highest BCUT2D eigenvalue weighted by molar-refractivity contribution is 9.10. The number of nitrogens with two attached hydrogens (primary N) is 1. The SMILES string of the molecule is CC(CN)c1sc2c(c1Br)COCC2. The fraction of sp³-hybridized carbons (Fsp3) is 0.600. The summed E-state index contributed by atoms with van der Waals surface area (Å²) in [6.07, 6.45) is 1.05. The highest BCUT2D eigenvalue weighted by Crippen LogP contribution is 2.39.